The van der Waals surface area contributed by atoms with Gasteiger partial charge < -0.3 is 10.2 Å². The zero-order valence-corrected chi connectivity index (χ0v) is 11.7. The summed E-state index contributed by atoms with van der Waals surface area (Å²) in [6.07, 6.45) is 5.51. The molecule has 0 atom stereocenters. The number of rotatable bonds is 8. The number of benzene rings is 1. The monoisotopic (exact) mass is 250 g/mol. The Morgan fingerprint density at radius 2 is 1.78 bits per heavy atom. The van der Waals surface area contributed by atoms with Crippen LogP contribution >= 0.6 is 0 Å². The highest BCUT2D eigenvalue weighted by atomic mass is 16.3. The lowest BCUT2D eigenvalue weighted by Crippen LogP contribution is -2.35. The van der Waals surface area contributed by atoms with Crippen LogP contribution in [0.3, 0.4) is 0 Å². The van der Waals surface area contributed by atoms with E-state index < -0.39 is 5.41 Å². The van der Waals surface area contributed by atoms with Crippen molar-refractivity contribution in [3.63, 3.8) is 0 Å². The summed E-state index contributed by atoms with van der Waals surface area (Å²) >= 11 is 0. The lowest BCUT2D eigenvalue weighted by atomic mass is 9.77. The molecule has 0 saturated carbocycles. The van der Waals surface area contributed by atoms with Gasteiger partial charge in [0.05, 0.1) is 13.2 Å². The van der Waals surface area contributed by atoms with E-state index in [-0.39, 0.29) is 13.2 Å². The number of hydrogen-bond donors (Lipinski definition) is 2. The molecule has 2 nitrogen and oxygen atoms in total. The lowest BCUT2D eigenvalue weighted by Gasteiger charge is -2.31. The molecule has 0 aliphatic heterocycles. The molecular weight excluding hydrogens is 224 g/mol. The van der Waals surface area contributed by atoms with Gasteiger partial charge >= 0.3 is 0 Å². The van der Waals surface area contributed by atoms with Crippen LogP contribution < -0.4 is 0 Å². The summed E-state index contributed by atoms with van der Waals surface area (Å²) < 4.78 is 0. The van der Waals surface area contributed by atoms with Crippen LogP contribution in [0.4, 0.5) is 0 Å². The minimum atomic E-state index is -0.472. The Kier molecular flexibility index (Phi) is 6.37. The molecule has 0 aliphatic carbocycles. The first-order valence-corrected chi connectivity index (χ1v) is 6.97. The Bertz CT molecular complexity index is 343. The zero-order chi connectivity index (χ0) is 13.4. The molecule has 1 aromatic carbocycles. The average molecular weight is 250 g/mol. The second-order valence-electron chi connectivity index (χ2n) is 5.28. The van der Waals surface area contributed by atoms with Crippen molar-refractivity contribution < 1.29 is 10.2 Å². The van der Waals surface area contributed by atoms with Crippen molar-refractivity contribution in [1.82, 2.24) is 0 Å². The van der Waals surface area contributed by atoms with Gasteiger partial charge in [0.25, 0.3) is 0 Å². The van der Waals surface area contributed by atoms with Crippen LogP contribution in [0.2, 0.25) is 0 Å². The Hall–Kier alpha value is -0.860. The molecule has 0 saturated heterocycles. The second kappa shape index (κ2) is 7.55. The van der Waals surface area contributed by atoms with Crippen LogP contribution in [-0.4, -0.2) is 23.4 Å². The van der Waals surface area contributed by atoms with Crippen molar-refractivity contribution in [2.75, 3.05) is 13.2 Å². The molecule has 0 bridgehead atoms. The quantitative estimate of drug-likeness (QED) is 0.696. The number of aliphatic hydroxyl groups excluding tert-OH is 2. The van der Waals surface area contributed by atoms with Gasteiger partial charge in [-0.1, -0.05) is 62.4 Å². The van der Waals surface area contributed by atoms with Gasteiger partial charge in [0.15, 0.2) is 0 Å². The molecule has 0 fully saturated rings. The third kappa shape index (κ3) is 3.82. The summed E-state index contributed by atoms with van der Waals surface area (Å²) in [5.41, 5.74) is 1.76. The maximum atomic E-state index is 9.72. The second-order valence-corrected chi connectivity index (χ2v) is 5.28. The first-order chi connectivity index (χ1) is 8.68. The van der Waals surface area contributed by atoms with Crippen molar-refractivity contribution in [1.29, 1.82) is 0 Å². The molecular formula is C16H26O2. The summed E-state index contributed by atoms with van der Waals surface area (Å²) in [4.78, 5) is 0. The molecule has 0 unspecified atom stereocenters. The highest BCUT2D eigenvalue weighted by molar-refractivity contribution is 5.30. The first kappa shape index (κ1) is 15.2. The lowest BCUT2D eigenvalue weighted by molar-refractivity contribution is 0.107. The number of hydrogen-bond acceptors (Lipinski definition) is 2. The largest absolute Gasteiger partial charge is 0.395 e. The molecule has 2 heteroatoms. The van der Waals surface area contributed by atoms with Crippen molar-refractivity contribution in [3.05, 3.63) is 35.4 Å². The summed E-state index contributed by atoms with van der Waals surface area (Å²) in [5.74, 6) is 0. The van der Waals surface area contributed by atoms with E-state index in [1.54, 1.807) is 0 Å². The molecule has 0 spiro atoms. The molecule has 0 heterocycles. The van der Waals surface area contributed by atoms with Crippen LogP contribution in [0, 0.1) is 6.92 Å². The van der Waals surface area contributed by atoms with E-state index in [2.05, 4.69) is 13.0 Å². The normalized spacial score (nSPS) is 11.8. The maximum Gasteiger partial charge on any atom is 0.0550 e. The Labute approximate surface area is 111 Å². The molecule has 0 radical (unpaired) electrons. The summed E-state index contributed by atoms with van der Waals surface area (Å²) in [5, 5.41) is 19.4. The van der Waals surface area contributed by atoms with E-state index in [0.717, 1.165) is 18.4 Å². The third-order valence-corrected chi connectivity index (χ3v) is 3.74. The Morgan fingerprint density at radius 3 is 2.33 bits per heavy atom. The minimum absolute atomic E-state index is 0.0130. The number of aryl methyl sites for hydroxylation is 1. The van der Waals surface area contributed by atoms with Crippen LogP contribution in [0.15, 0.2) is 24.3 Å². The molecule has 0 amide bonds. The van der Waals surface area contributed by atoms with Gasteiger partial charge in [-0.15, -0.1) is 0 Å². The predicted octanol–water partition coefficient (Wildman–Crippen LogP) is 3.19. The van der Waals surface area contributed by atoms with E-state index in [1.807, 2.05) is 25.1 Å². The van der Waals surface area contributed by atoms with E-state index in [9.17, 15) is 10.2 Å². The fourth-order valence-corrected chi connectivity index (χ4v) is 2.40. The molecule has 0 aliphatic rings. The third-order valence-electron chi connectivity index (χ3n) is 3.74. The minimum Gasteiger partial charge on any atom is -0.395 e. The highest BCUT2D eigenvalue weighted by Crippen LogP contribution is 2.30. The summed E-state index contributed by atoms with van der Waals surface area (Å²) in [6.45, 7) is 4.25. The van der Waals surface area contributed by atoms with Crippen LogP contribution in [0.1, 0.15) is 50.2 Å². The fraction of sp³-hybridized carbons (Fsp3) is 0.625. The van der Waals surface area contributed by atoms with Crippen molar-refractivity contribution in [2.45, 2.75) is 51.4 Å². The van der Waals surface area contributed by atoms with E-state index >= 15 is 0 Å². The highest BCUT2D eigenvalue weighted by Gasteiger charge is 2.30. The van der Waals surface area contributed by atoms with Gasteiger partial charge in [-0.05, 0) is 18.9 Å². The Morgan fingerprint density at radius 1 is 1.06 bits per heavy atom. The predicted molar refractivity (Wildman–Crippen MR) is 75.8 cm³/mol. The van der Waals surface area contributed by atoms with Crippen LogP contribution in [-0.2, 0) is 5.41 Å². The standard InChI is InChI=1S/C16H26O2/c1-3-4-5-6-10-16(12-17,13-18)15-9-7-8-14(2)11-15/h7-9,11,17-18H,3-6,10,12-13H2,1-2H3. The molecule has 0 aromatic heterocycles. The summed E-state index contributed by atoms with van der Waals surface area (Å²) in [6, 6.07) is 8.13. The topological polar surface area (TPSA) is 40.5 Å². The Balaban J connectivity index is 2.79. The zero-order valence-electron chi connectivity index (χ0n) is 11.7. The maximum absolute atomic E-state index is 9.72. The van der Waals surface area contributed by atoms with Gasteiger partial charge in [0.1, 0.15) is 0 Å². The SMILES string of the molecule is CCCCCCC(CO)(CO)c1cccc(C)c1. The molecule has 18 heavy (non-hydrogen) atoms. The molecule has 1 aromatic rings. The van der Waals surface area contributed by atoms with Gasteiger partial charge in [-0.25, -0.2) is 0 Å². The van der Waals surface area contributed by atoms with Crippen molar-refractivity contribution in [3.8, 4) is 0 Å². The van der Waals surface area contributed by atoms with Crippen molar-refractivity contribution in [2.24, 2.45) is 0 Å². The number of unbranched alkanes of at least 4 members (excludes halogenated alkanes) is 3. The van der Waals surface area contributed by atoms with E-state index in [4.69, 9.17) is 0 Å². The van der Waals surface area contributed by atoms with Gasteiger partial charge in [0.2, 0.25) is 0 Å². The number of aliphatic hydroxyl groups is 2. The van der Waals surface area contributed by atoms with E-state index in [0.29, 0.717) is 0 Å². The van der Waals surface area contributed by atoms with Crippen molar-refractivity contribution >= 4 is 0 Å². The van der Waals surface area contributed by atoms with Crippen LogP contribution in [0.5, 0.6) is 0 Å². The first-order valence-electron chi connectivity index (χ1n) is 6.97. The average Bonchev–Trinajstić information content (AvgIpc) is 2.40. The van der Waals surface area contributed by atoms with Crippen LogP contribution in [0.25, 0.3) is 0 Å². The molecule has 2 N–H and O–H groups in total. The van der Waals surface area contributed by atoms with Gasteiger partial charge in [0, 0.05) is 5.41 Å². The molecule has 102 valence electrons. The van der Waals surface area contributed by atoms with Gasteiger partial charge in [-0.2, -0.15) is 0 Å². The molecule has 1 rings (SSSR count). The fourth-order valence-electron chi connectivity index (χ4n) is 2.40. The smallest absolute Gasteiger partial charge is 0.0550 e. The van der Waals surface area contributed by atoms with E-state index in [1.165, 1.54) is 24.8 Å². The summed E-state index contributed by atoms with van der Waals surface area (Å²) in [7, 11) is 0. The van der Waals surface area contributed by atoms with Gasteiger partial charge in [-0.3, -0.25) is 0 Å².